The predicted molar refractivity (Wildman–Crippen MR) is 101 cm³/mol. The van der Waals surface area contributed by atoms with Crippen molar-refractivity contribution in [2.75, 3.05) is 0 Å². The van der Waals surface area contributed by atoms with E-state index in [1.165, 1.54) is 0 Å². The van der Waals surface area contributed by atoms with Crippen LogP contribution in [0.4, 0.5) is 13.2 Å². The lowest BCUT2D eigenvalue weighted by atomic mass is 9.78. The molecule has 0 atom stereocenters. The van der Waals surface area contributed by atoms with Crippen LogP contribution in [0.2, 0.25) is 0 Å². The molecule has 26 heavy (non-hydrogen) atoms. The molecular formula is C23H25F3. The molecular weight excluding hydrogens is 333 g/mol. The summed E-state index contributed by atoms with van der Waals surface area (Å²) in [6.45, 7) is 3.70. The molecule has 0 aliphatic heterocycles. The Bertz CT molecular complexity index is 799. The van der Waals surface area contributed by atoms with E-state index < -0.39 is 11.6 Å². The third-order valence-electron chi connectivity index (χ3n) is 5.49. The molecule has 2 aromatic carbocycles. The van der Waals surface area contributed by atoms with E-state index in [9.17, 15) is 13.2 Å². The van der Waals surface area contributed by atoms with E-state index in [-0.39, 0.29) is 11.7 Å². The van der Waals surface area contributed by atoms with Crippen molar-refractivity contribution >= 4 is 6.08 Å². The van der Waals surface area contributed by atoms with E-state index in [0.717, 1.165) is 36.8 Å². The molecule has 3 heteroatoms. The van der Waals surface area contributed by atoms with Crippen molar-refractivity contribution in [3.05, 3.63) is 76.1 Å². The number of allylic oxidation sites excluding steroid dienone is 1. The summed E-state index contributed by atoms with van der Waals surface area (Å²) >= 11 is 0. The van der Waals surface area contributed by atoms with Crippen LogP contribution in [0, 0.1) is 30.3 Å². The van der Waals surface area contributed by atoms with Crippen LogP contribution in [-0.4, -0.2) is 0 Å². The standard InChI is InChI=1S/C23H25F3/c1-3-17-11-12-19(23(26)22(17)25)10-7-16-5-8-18(9-6-16)20-13-4-15(2)14-21(20)24/h4,7,10-14,16,18H,3,5-6,8-9H2,1-2H3. The summed E-state index contributed by atoms with van der Waals surface area (Å²) in [6, 6.07) is 8.75. The molecule has 0 radical (unpaired) electrons. The van der Waals surface area contributed by atoms with Crippen molar-refractivity contribution in [2.45, 2.75) is 51.9 Å². The molecule has 0 unspecified atom stereocenters. The van der Waals surface area contributed by atoms with Gasteiger partial charge in [0.15, 0.2) is 11.6 Å². The number of hydrogen-bond donors (Lipinski definition) is 0. The molecule has 0 N–H and O–H groups in total. The van der Waals surface area contributed by atoms with Gasteiger partial charge in [-0.3, -0.25) is 0 Å². The summed E-state index contributed by atoms with van der Waals surface area (Å²) in [5, 5.41) is 0. The molecule has 2 aromatic rings. The maximum absolute atomic E-state index is 14.2. The minimum absolute atomic E-state index is 0.113. The number of rotatable bonds is 4. The van der Waals surface area contributed by atoms with Gasteiger partial charge >= 0.3 is 0 Å². The molecule has 0 aromatic heterocycles. The second-order valence-corrected chi connectivity index (χ2v) is 7.29. The Kier molecular flexibility index (Phi) is 5.85. The lowest BCUT2D eigenvalue weighted by Crippen LogP contribution is -2.13. The number of hydrogen-bond acceptors (Lipinski definition) is 0. The Labute approximate surface area is 153 Å². The highest BCUT2D eigenvalue weighted by Gasteiger charge is 2.23. The van der Waals surface area contributed by atoms with E-state index in [2.05, 4.69) is 0 Å². The molecule has 1 saturated carbocycles. The molecule has 1 fully saturated rings. The van der Waals surface area contributed by atoms with E-state index >= 15 is 0 Å². The fourth-order valence-electron chi connectivity index (χ4n) is 3.83. The average Bonchev–Trinajstić information content (AvgIpc) is 2.64. The summed E-state index contributed by atoms with van der Waals surface area (Å²) in [7, 11) is 0. The molecule has 1 aliphatic carbocycles. The average molecular weight is 358 g/mol. The third-order valence-corrected chi connectivity index (χ3v) is 5.49. The minimum Gasteiger partial charge on any atom is -0.207 e. The highest BCUT2D eigenvalue weighted by molar-refractivity contribution is 5.51. The topological polar surface area (TPSA) is 0 Å². The van der Waals surface area contributed by atoms with Gasteiger partial charge in [-0.2, -0.15) is 0 Å². The maximum atomic E-state index is 14.2. The van der Waals surface area contributed by atoms with Crippen LogP contribution >= 0.6 is 0 Å². The van der Waals surface area contributed by atoms with E-state index in [4.69, 9.17) is 0 Å². The van der Waals surface area contributed by atoms with Crippen molar-refractivity contribution in [3.8, 4) is 0 Å². The zero-order valence-electron chi connectivity index (χ0n) is 15.4. The van der Waals surface area contributed by atoms with Crippen LogP contribution in [0.25, 0.3) is 6.08 Å². The monoisotopic (exact) mass is 358 g/mol. The largest absolute Gasteiger partial charge is 0.207 e. The van der Waals surface area contributed by atoms with Crippen LogP contribution in [0.1, 0.15) is 60.8 Å². The number of aryl methyl sites for hydroxylation is 2. The Morgan fingerprint density at radius 2 is 1.69 bits per heavy atom. The second kappa shape index (κ2) is 8.11. The Balaban J connectivity index is 1.64. The van der Waals surface area contributed by atoms with Gasteiger partial charge in [0, 0.05) is 5.56 Å². The van der Waals surface area contributed by atoms with Gasteiger partial charge in [0.25, 0.3) is 0 Å². The fraction of sp³-hybridized carbons (Fsp3) is 0.391. The van der Waals surface area contributed by atoms with Crippen LogP contribution in [0.15, 0.2) is 36.4 Å². The molecule has 138 valence electrons. The van der Waals surface area contributed by atoms with E-state index in [1.807, 2.05) is 32.1 Å². The van der Waals surface area contributed by atoms with Crippen LogP contribution in [-0.2, 0) is 6.42 Å². The highest BCUT2D eigenvalue weighted by atomic mass is 19.2. The highest BCUT2D eigenvalue weighted by Crippen LogP contribution is 2.37. The second-order valence-electron chi connectivity index (χ2n) is 7.29. The lowest BCUT2D eigenvalue weighted by molar-refractivity contribution is 0.369. The summed E-state index contributed by atoms with van der Waals surface area (Å²) in [4.78, 5) is 0. The number of benzene rings is 2. The summed E-state index contributed by atoms with van der Waals surface area (Å²) in [5.74, 6) is -1.05. The van der Waals surface area contributed by atoms with Crippen LogP contribution in [0.3, 0.4) is 0 Å². The van der Waals surface area contributed by atoms with Gasteiger partial charge in [0.05, 0.1) is 0 Å². The SMILES string of the molecule is CCc1ccc(C=CC2CCC(c3ccc(C)cc3F)CC2)c(F)c1F. The van der Waals surface area contributed by atoms with Crippen molar-refractivity contribution in [1.29, 1.82) is 0 Å². The van der Waals surface area contributed by atoms with Gasteiger partial charge in [-0.25, -0.2) is 13.2 Å². The van der Waals surface area contributed by atoms with Gasteiger partial charge in [0.2, 0.25) is 0 Å². The fourth-order valence-corrected chi connectivity index (χ4v) is 3.83. The molecule has 0 saturated heterocycles. The first-order valence-electron chi connectivity index (χ1n) is 9.40. The minimum atomic E-state index is -0.768. The third kappa shape index (κ3) is 4.03. The Morgan fingerprint density at radius 1 is 0.962 bits per heavy atom. The molecule has 0 heterocycles. The van der Waals surface area contributed by atoms with Crippen LogP contribution < -0.4 is 0 Å². The lowest BCUT2D eigenvalue weighted by Gasteiger charge is -2.27. The summed E-state index contributed by atoms with van der Waals surface area (Å²) < 4.78 is 42.1. The molecule has 0 nitrogen and oxygen atoms in total. The zero-order valence-corrected chi connectivity index (χ0v) is 15.4. The van der Waals surface area contributed by atoms with E-state index in [0.29, 0.717) is 23.5 Å². The van der Waals surface area contributed by atoms with Gasteiger partial charge in [-0.05, 0) is 73.6 Å². The first kappa shape index (κ1) is 18.8. The molecule has 0 amide bonds. The smallest absolute Gasteiger partial charge is 0.166 e. The first-order valence-corrected chi connectivity index (χ1v) is 9.40. The van der Waals surface area contributed by atoms with Gasteiger partial charge in [-0.1, -0.05) is 43.3 Å². The van der Waals surface area contributed by atoms with Crippen molar-refractivity contribution in [1.82, 2.24) is 0 Å². The van der Waals surface area contributed by atoms with Crippen molar-refractivity contribution < 1.29 is 13.2 Å². The predicted octanol–water partition coefficient (Wildman–Crippen LogP) is 6.96. The number of halogens is 3. The van der Waals surface area contributed by atoms with Gasteiger partial charge < -0.3 is 0 Å². The van der Waals surface area contributed by atoms with Crippen molar-refractivity contribution in [3.63, 3.8) is 0 Å². The van der Waals surface area contributed by atoms with Crippen LogP contribution in [0.5, 0.6) is 0 Å². The molecule has 0 spiro atoms. The van der Waals surface area contributed by atoms with Gasteiger partial charge in [0.1, 0.15) is 5.82 Å². The quantitative estimate of drug-likeness (QED) is 0.554. The zero-order chi connectivity index (χ0) is 18.7. The normalized spacial score (nSPS) is 20.7. The Hall–Kier alpha value is -2.03. The van der Waals surface area contributed by atoms with E-state index in [1.54, 1.807) is 24.3 Å². The molecule has 0 bridgehead atoms. The maximum Gasteiger partial charge on any atom is 0.166 e. The summed E-state index contributed by atoms with van der Waals surface area (Å²) in [5.41, 5.74) is 2.44. The first-order chi connectivity index (χ1) is 12.5. The molecule has 1 aliphatic rings. The Morgan fingerprint density at radius 3 is 2.35 bits per heavy atom. The van der Waals surface area contributed by atoms with Gasteiger partial charge in [-0.15, -0.1) is 0 Å². The summed E-state index contributed by atoms with van der Waals surface area (Å²) in [6.07, 6.45) is 7.85. The van der Waals surface area contributed by atoms with Crippen molar-refractivity contribution in [2.24, 2.45) is 5.92 Å². The molecule has 3 rings (SSSR count).